The van der Waals surface area contributed by atoms with Gasteiger partial charge in [-0.25, -0.2) is 4.79 Å². The van der Waals surface area contributed by atoms with Gasteiger partial charge >= 0.3 is 6.09 Å². The average molecular weight is 563 g/mol. The summed E-state index contributed by atoms with van der Waals surface area (Å²) in [5.74, 6) is 0.628. The zero-order valence-corrected chi connectivity index (χ0v) is 22.6. The summed E-state index contributed by atoms with van der Waals surface area (Å²) in [4.78, 5) is 33.1. The van der Waals surface area contributed by atoms with Crippen LogP contribution in [0.1, 0.15) is 47.5 Å². The lowest BCUT2D eigenvalue weighted by molar-refractivity contribution is -0.120. The number of halogens is 1. The number of aliphatic imine (C=N–C) groups is 1. The van der Waals surface area contributed by atoms with Crippen molar-refractivity contribution in [3.05, 3.63) is 12.4 Å². The van der Waals surface area contributed by atoms with Crippen molar-refractivity contribution in [2.24, 2.45) is 12.0 Å². The van der Waals surface area contributed by atoms with Gasteiger partial charge in [0.25, 0.3) is 0 Å². The third-order valence-corrected chi connectivity index (χ3v) is 5.44. The zero-order valence-electron chi connectivity index (χ0n) is 20.3. The normalized spacial score (nSPS) is 15.3. The molecule has 0 bridgehead atoms. The fourth-order valence-corrected chi connectivity index (χ4v) is 3.50. The Labute approximate surface area is 208 Å². The van der Waals surface area contributed by atoms with Gasteiger partial charge in [-0.1, -0.05) is 13.8 Å². The molecule has 2 amide bonds. The minimum absolute atomic E-state index is 0. The van der Waals surface area contributed by atoms with Crippen LogP contribution in [0.15, 0.2) is 17.4 Å². The Morgan fingerprint density at radius 2 is 1.91 bits per heavy atom. The molecule has 1 aromatic heterocycles. The van der Waals surface area contributed by atoms with Crippen molar-refractivity contribution in [1.29, 1.82) is 0 Å². The Morgan fingerprint density at radius 3 is 2.38 bits per heavy atom. The van der Waals surface area contributed by atoms with Crippen molar-refractivity contribution in [1.82, 2.24) is 25.3 Å². The SMILES string of the molecule is CCC(CC)(CNC(=NC)N1CCN(c2cnn(C)c2)C(=O)C1)NC(=O)OC(C)(C)C.I. The molecule has 1 aromatic rings. The minimum Gasteiger partial charge on any atom is -0.444 e. The van der Waals surface area contributed by atoms with Crippen LogP contribution in [0.3, 0.4) is 0 Å². The number of nitrogens with one attached hydrogen (secondary N) is 2. The number of hydrogen-bond donors (Lipinski definition) is 2. The molecule has 0 atom stereocenters. The van der Waals surface area contributed by atoms with Crippen LogP contribution in [0, 0.1) is 0 Å². The fraction of sp³-hybridized carbons (Fsp3) is 0.714. The summed E-state index contributed by atoms with van der Waals surface area (Å²) in [6, 6.07) is 0. The Bertz CT molecular complexity index is 800. The van der Waals surface area contributed by atoms with E-state index in [-0.39, 0.29) is 36.4 Å². The van der Waals surface area contributed by atoms with Crippen molar-refractivity contribution in [3.8, 4) is 0 Å². The molecule has 0 aliphatic carbocycles. The predicted octanol–water partition coefficient (Wildman–Crippen LogP) is 2.35. The minimum atomic E-state index is -0.560. The quantitative estimate of drug-likeness (QED) is 0.313. The maximum atomic E-state index is 12.7. The van der Waals surface area contributed by atoms with E-state index in [4.69, 9.17) is 4.74 Å². The summed E-state index contributed by atoms with van der Waals surface area (Å²) in [7, 11) is 3.52. The van der Waals surface area contributed by atoms with Crippen LogP contribution in [0.2, 0.25) is 0 Å². The lowest BCUT2D eigenvalue weighted by Gasteiger charge is -2.38. The van der Waals surface area contributed by atoms with Crippen LogP contribution in [0.5, 0.6) is 0 Å². The molecule has 2 N–H and O–H groups in total. The first-order valence-corrected chi connectivity index (χ1v) is 10.8. The number of rotatable bonds is 6. The summed E-state index contributed by atoms with van der Waals surface area (Å²) in [6.07, 6.45) is 4.54. The van der Waals surface area contributed by atoms with E-state index in [1.165, 1.54) is 0 Å². The van der Waals surface area contributed by atoms with Crippen LogP contribution < -0.4 is 15.5 Å². The van der Waals surface area contributed by atoms with E-state index in [1.807, 2.05) is 52.8 Å². The van der Waals surface area contributed by atoms with Gasteiger partial charge in [0.1, 0.15) is 12.1 Å². The number of nitrogens with zero attached hydrogens (tertiary/aromatic N) is 5. The number of aryl methyl sites for hydroxylation is 1. The maximum Gasteiger partial charge on any atom is 0.408 e. The van der Waals surface area contributed by atoms with Gasteiger partial charge in [0.15, 0.2) is 5.96 Å². The lowest BCUT2D eigenvalue weighted by Crippen LogP contribution is -2.60. The van der Waals surface area contributed by atoms with Crippen LogP contribution in [-0.4, -0.2) is 77.0 Å². The Balaban J connectivity index is 0.00000512. The standard InChI is InChI=1S/C21H37N7O3.HI/c1-8-21(9-2,25-19(30)31-20(3,4)5)15-23-18(22-6)27-10-11-28(17(29)14-27)16-12-24-26(7)13-16;/h12-13H,8-11,14-15H2,1-7H3,(H,22,23)(H,25,30);1H. The van der Waals surface area contributed by atoms with Gasteiger partial charge in [-0.15, -0.1) is 24.0 Å². The Hall–Kier alpha value is -2.05. The Morgan fingerprint density at radius 1 is 1.25 bits per heavy atom. The van der Waals surface area contributed by atoms with Crippen molar-refractivity contribution in [2.45, 2.75) is 58.6 Å². The van der Waals surface area contributed by atoms with Crippen molar-refractivity contribution in [3.63, 3.8) is 0 Å². The zero-order chi connectivity index (χ0) is 23.2. The number of amides is 2. The molecule has 2 rings (SSSR count). The number of alkyl carbamates (subject to hydrolysis) is 1. The highest BCUT2D eigenvalue weighted by Crippen LogP contribution is 2.18. The van der Waals surface area contributed by atoms with Gasteiger partial charge in [-0.2, -0.15) is 5.10 Å². The number of carbonyl (C=O) groups excluding carboxylic acids is 2. The maximum absolute atomic E-state index is 12.7. The molecule has 2 heterocycles. The van der Waals surface area contributed by atoms with Gasteiger partial charge in [0.05, 0.1) is 17.4 Å². The lowest BCUT2D eigenvalue weighted by atomic mass is 9.93. The molecule has 0 spiro atoms. The molecule has 1 saturated heterocycles. The molecular formula is C21H38IN7O3. The first-order chi connectivity index (χ1) is 14.5. The highest BCUT2D eigenvalue weighted by Gasteiger charge is 2.32. The van der Waals surface area contributed by atoms with Crippen LogP contribution in [-0.2, 0) is 16.6 Å². The molecule has 0 aromatic carbocycles. The number of aromatic nitrogens is 2. The second-order valence-electron chi connectivity index (χ2n) is 8.85. The number of piperazine rings is 1. The molecule has 0 unspecified atom stereocenters. The van der Waals surface area contributed by atoms with Crippen LogP contribution >= 0.6 is 24.0 Å². The summed E-state index contributed by atoms with van der Waals surface area (Å²) >= 11 is 0. The van der Waals surface area contributed by atoms with E-state index in [0.29, 0.717) is 25.6 Å². The summed E-state index contributed by atoms with van der Waals surface area (Å²) in [5.41, 5.74) is -0.248. The molecular weight excluding hydrogens is 525 g/mol. The summed E-state index contributed by atoms with van der Waals surface area (Å²) in [5, 5.41) is 10.5. The smallest absolute Gasteiger partial charge is 0.408 e. The second kappa shape index (κ2) is 11.7. The number of hydrogen-bond acceptors (Lipinski definition) is 5. The first-order valence-electron chi connectivity index (χ1n) is 10.8. The van der Waals surface area contributed by atoms with E-state index in [1.54, 1.807) is 22.8 Å². The van der Waals surface area contributed by atoms with Gasteiger partial charge in [-0.05, 0) is 33.6 Å². The summed E-state index contributed by atoms with van der Waals surface area (Å²) < 4.78 is 7.12. The van der Waals surface area contributed by atoms with E-state index < -0.39 is 17.2 Å². The summed E-state index contributed by atoms with van der Waals surface area (Å²) in [6.45, 7) is 11.5. The van der Waals surface area contributed by atoms with Crippen molar-refractivity contribution >= 4 is 47.6 Å². The van der Waals surface area contributed by atoms with Crippen LogP contribution in [0.25, 0.3) is 0 Å². The van der Waals surface area contributed by atoms with Crippen LogP contribution in [0.4, 0.5) is 10.5 Å². The van der Waals surface area contributed by atoms with E-state index in [0.717, 1.165) is 18.5 Å². The first kappa shape index (κ1) is 28.0. The van der Waals surface area contributed by atoms with Crippen molar-refractivity contribution < 1.29 is 14.3 Å². The largest absolute Gasteiger partial charge is 0.444 e. The highest BCUT2D eigenvalue weighted by molar-refractivity contribution is 14.0. The third kappa shape index (κ3) is 7.52. The number of ether oxygens (including phenoxy) is 1. The van der Waals surface area contributed by atoms with E-state index >= 15 is 0 Å². The molecule has 1 aliphatic heterocycles. The number of carbonyl (C=O) groups is 2. The van der Waals surface area contributed by atoms with E-state index in [9.17, 15) is 9.59 Å². The van der Waals surface area contributed by atoms with Gasteiger partial charge < -0.3 is 25.2 Å². The van der Waals surface area contributed by atoms with Gasteiger partial charge in [0.2, 0.25) is 5.91 Å². The fourth-order valence-electron chi connectivity index (χ4n) is 3.50. The second-order valence-corrected chi connectivity index (χ2v) is 8.85. The molecule has 1 aliphatic rings. The topological polar surface area (TPSA) is 104 Å². The van der Waals surface area contributed by atoms with Gasteiger partial charge in [-0.3, -0.25) is 14.5 Å². The number of guanidine groups is 1. The predicted molar refractivity (Wildman–Crippen MR) is 137 cm³/mol. The van der Waals surface area contributed by atoms with Gasteiger partial charge in [0, 0.05) is 39.9 Å². The third-order valence-electron chi connectivity index (χ3n) is 5.44. The molecule has 11 heteroatoms. The molecule has 1 fully saturated rings. The van der Waals surface area contributed by atoms with Crippen molar-refractivity contribution in [2.75, 3.05) is 38.1 Å². The molecule has 10 nitrogen and oxygen atoms in total. The monoisotopic (exact) mass is 563 g/mol. The highest BCUT2D eigenvalue weighted by atomic mass is 127. The molecule has 182 valence electrons. The Kier molecular flexibility index (Phi) is 10.2. The molecule has 0 radical (unpaired) electrons. The molecule has 32 heavy (non-hydrogen) atoms. The number of anilines is 1. The van der Waals surface area contributed by atoms with E-state index in [2.05, 4.69) is 20.7 Å². The average Bonchev–Trinajstić information content (AvgIpc) is 3.12. The molecule has 0 saturated carbocycles.